The molecular weight excluding hydrogens is 645 g/mol. The third-order valence-electron chi connectivity index (χ3n) is 10.1. The van der Waals surface area contributed by atoms with Gasteiger partial charge in [0.1, 0.15) is 0 Å². The molecule has 0 bridgehead atoms. The summed E-state index contributed by atoms with van der Waals surface area (Å²) in [5, 5.41) is 7.21. The maximum absolute atomic E-state index is 5.09. The van der Waals surface area contributed by atoms with Crippen LogP contribution in [0.4, 0.5) is 17.1 Å². The van der Waals surface area contributed by atoms with E-state index in [0.717, 1.165) is 39.1 Å². The van der Waals surface area contributed by atoms with E-state index in [9.17, 15) is 0 Å². The van der Waals surface area contributed by atoms with Crippen molar-refractivity contribution in [3.63, 3.8) is 0 Å². The maximum Gasteiger partial charge on any atom is 0.164 e. The van der Waals surface area contributed by atoms with E-state index >= 15 is 0 Å². The fourth-order valence-electron chi connectivity index (χ4n) is 7.57. The van der Waals surface area contributed by atoms with Crippen LogP contribution in [0.15, 0.2) is 194 Å². The molecule has 0 aliphatic heterocycles. The van der Waals surface area contributed by atoms with Gasteiger partial charge in [-0.25, -0.2) is 15.0 Å². The van der Waals surface area contributed by atoms with Gasteiger partial charge >= 0.3 is 0 Å². The highest BCUT2D eigenvalue weighted by molar-refractivity contribution is 6.27. The minimum atomic E-state index is 0.656. The molecule has 0 amide bonds. The fourth-order valence-corrected chi connectivity index (χ4v) is 7.57. The first kappa shape index (κ1) is 30.6. The Morgan fingerprint density at radius 2 is 0.679 bits per heavy atom. The summed E-state index contributed by atoms with van der Waals surface area (Å²) in [4.78, 5) is 17.4. The monoisotopic (exact) mass is 676 g/mol. The zero-order valence-electron chi connectivity index (χ0n) is 28.8. The average Bonchev–Trinajstić information content (AvgIpc) is 3.24. The second kappa shape index (κ2) is 12.9. The summed E-state index contributed by atoms with van der Waals surface area (Å²) in [6.07, 6.45) is 0. The van der Waals surface area contributed by atoms with Gasteiger partial charge in [-0.2, -0.15) is 0 Å². The van der Waals surface area contributed by atoms with Gasteiger partial charge in [-0.3, -0.25) is 0 Å². The molecule has 0 spiro atoms. The van der Waals surface area contributed by atoms with Crippen LogP contribution in [0.5, 0.6) is 0 Å². The maximum atomic E-state index is 5.09. The number of rotatable bonds is 7. The predicted molar refractivity (Wildman–Crippen MR) is 220 cm³/mol. The quantitative estimate of drug-likeness (QED) is 0.158. The van der Waals surface area contributed by atoms with Crippen molar-refractivity contribution in [1.82, 2.24) is 15.0 Å². The van der Waals surface area contributed by atoms with Crippen LogP contribution in [0, 0.1) is 0 Å². The average molecular weight is 677 g/mol. The molecule has 4 heteroatoms. The van der Waals surface area contributed by atoms with Gasteiger partial charge in [0, 0.05) is 33.8 Å². The predicted octanol–water partition coefficient (Wildman–Crippen LogP) is 12.9. The molecule has 0 saturated heterocycles. The molecule has 0 saturated carbocycles. The van der Waals surface area contributed by atoms with Crippen molar-refractivity contribution in [2.75, 3.05) is 4.90 Å². The highest BCUT2D eigenvalue weighted by atomic mass is 15.1. The minimum absolute atomic E-state index is 0.656. The third kappa shape index (κ3) is 5.45. The van der Waals surface area contributed by atoms with Crippen molar-refractivity contribution < 1.29 is 0 Å². The number of anilines is 3. The Kier molecular flexibility index (Phi) is 7.43. The van der Waals surface area contributed by atoms with Crippen LogP contribution in [-0.2, 0) is 0 Å². The lowest BCUT2D eigenvalue weighted by Gasteiger charge is -2.25. The van der Waals surface area contributed by atoms with Crippen LogP contribution in [0.3, 0.4) is 0 Å². The second-order valence-corrected chi connectivity index (χ2v) is 13.2. The Bertz CT molecular complexity index is 2760. The highest BCUT2D eigenvalue weighted by Crippen LogP contribution is 2.43. The number of nitrogens with zero attached hydrogens (tertiary/aromatic N) is 4. The standard InChI is InChI=1S/C49H32N4/c1-5-13-36(14-6-1)47-50-48(37-15-7-2-8-16-37)52-49(51-47)44-32-26-35-24-30-42-41(29-23-34-25-31-43(44)46(35)45(34)42)33-21-27-40(28-22-33)53(38-17-9-3-10-18-38)39-19-11-4-12-20-39/h1-32H. The van der Waals surface area contributed by atoms with Crippen molar-refractivity contribution in [2.45, 2.75) is 0 Å². The summed E-state index contributed by atoms with van der Waals surface area (Å²) in [5.74, 6) is 1.97. The third-order valence-corrected chi connectivity index (χ3v) is 10.1. The molecule has 1 aromatic heterocycles. The SMILES string of the molecule is c1ccc(-c2nc(-c3ccccc3)nc(-c3ccc4ccc5c(-c6ccc(N(c7ccccc7)c7ccccc7)cc6)ccc6ccc3c4c65)n2)cc1. The summed E-state index contributed by atoms with van der Waals surface area (Å²) < 4.78 is 0. The molecule has 10 aromatic rings. The highest BCUT2D eigenvalue weighted by Gasteiger charge is 2.19. The topological polar surface area (TPSA) is 41.9 Å². The Labute approximate surface area is 307 Å². The molecule has 1 heterocycles. The van der Waals surface area contributed by atoms with Crippen LogP contribution < -0.4 is 4.90 Å². The Balaban J connectivity index is 1.12. The second-order valence-electron chi connectivity index (χ2n) is 13.2. The van der Waals surface area contributed by atoms with Gasteiger partial charge in [0.25, 0.3) is 0 Å². The van der Waals surface area contributed by atoms with Gasteiger partial charge in [0.05, 0.1) is 0 Å². The lowest BCUT2D eigenvalue weighted by atomic mass is 9.88. The molecule has 0 atom stereocenters. The number of para-hydroxylation sites is 2. The summed E-state index contributed by atoms with van der Waals surface area (Å²) >= 11 is 0. The van der Waals surface area contributed by atoms with Crippen LogP contribution in [0.2, 0.25) is 0 Å². The number of hydrogen-bond acceptors (Lipinski definition) is 4. The number of aromatic nitrogens is 3. The van der Waals surface area contributed by atoms with E-state index in [2.05, 4.69) is 138 Å². The molecule has 10 rings (SSSR count). The van der Waals surface area contributed by atoms with E-state index in [1.807, 2.05) is 60.7 Å². The van der Waals surface area contributed by atoms with E-state index < -0.39 is 0 Å². The van der Waals surface area contributed by atoms with Crippen LogP contribution in [0.25, 0.3) is 77.6 Å². The lowest BCUT2D eigenvalue weighted by Crippen LogP contribution is -2.09. The molecular formula is C49H32N4. The van der Waals surface area contributed by atoms with E-state index in [0.29, 0.717) is 17.5 Å². The van der Waals surface area contributed by atoms with Crippen molar-refractivity contribution in [1.29, 1.82) is 0 Å². The molecule has 0 aliphatic rings. The minimum Gasteiger partial charge on any atom is -0.311 e. The number of hydrogen-bond donors (Lipinski definition) is 0. The molecule has 0 aliphatic carbocycles. The van der Waals surface area contributed by atoms with E-state index in [4.69, 9.17) is 15.0 Å². The van der Waals surface area contributed by atoms with E-state index in [1.54, 1.807) is 0 Å². The largest absolute Gasteiger partial charge is 0.311 e. The molecule has 0 radical (unpaired) electrons. The van der Waals surface area contributed by atoms with Gasteiger partial charge in [-0.1, -0.05) is 152 Å². The van der Waals surface area contributed by atoms with Crippen LogP contribution in [0.1, 0.15) is 0 Å². The fraction of sp³-hybridized carbons (Fsp3) is 0. The van der Waals surface area contributed by atoms with Gasteiger partial charge < -0.3 is 4.90 Å². The van der Waals surface area contributed by atoms with Crippen molar-refractivity contribution >= 4 is 49.4 Å². The molecule has 0 unspecified atom stereocenters. The number of benzene rings is 9. The Hall–Kier alpha value is -7.17. The lowest BCUT2D eigenvalue weighted by molar-refractivity contribution is 1.08. The first-order valence-electron chi connectivity index (χ1n) is 17.9. The van der Waals surface area contributed by atoms with Gasteiger partial charge in [0.15, 0.2) is 17.5 Å². The van der Waals surface area contributed by atoms with Crippen molar-refractivity contribution in [3.05, 3.63) is 194 Å². The van der Waals surface area contributed by atoms with Crippen LogP contribution >= 0.6 is 0 Å². The Morgan fingerprint density at radius 3 is 1.19 bits per heavy atom. The smallest absolute Gasteiger partial charge is 0.164 e. The zero-order chi connectivity index (χ0) is 35.1. The normalized spacial score (nSPS) is 11.4. The molecule has 4 nitrogen and oxygen atoms in total. The van der Waals surface area contributed by atoms with E-state index in [-0.39, 0.29) is 0 Å². The van der Waals surface area contributed by atoms with Crippen molar-refractivity contribution in [2.24, 2.45) is 0 Å². The summed E-state index contributed by atoms with van der Waals surface area (Å²) in [6, 6.07) is 68.1. The van der Waals surface area contributed by atoms with Crippen molar-refractivity contribution in [3.8, 4) is 45.3 Å². The zero-order valence-corrected chi connectivity index (χ0v) is 28.8. The molecule has 248 valence electrons. The van der Waals surface area contributed by atoms with Gasteiger partial charge in [-0.15, -0.1) is 0 Å². The molecule has 9 aromatic carbocycles. The summed E-state index contributed by atoms with van der Waals surface area (Å²) in [6.45, 7) is 0. The van der Waals surface area contributed by atoms with Gasteiger partial charge in [-0.05, 0) is 85.9 Å². The first-order valence-corrected chi connectivity index (χ1v) is 17.9. The summed E-state index contributed by atoms with van der Waals surface area (Å²) in [7, 11) is 0. The molecule has 0 fully saturated rings. The first-order chi connectivity index (χ1) is 26.3. The molecule has 0 N–H and O–H groups in total. The summed E-state index contributed by atoms with van der Waals surface area (Å²) in [5.41, 5.74) is 8.62. The van der Waals surface area contributed by atoms with E-state index in [1.165, 1.54) is 38.1 Å². The van der Waals surface area contributed by atoms with Crippen LogP contribution in [-0.4, -0.2) is 15.0 Å². The molecule has 53 heavy (non-hydrogen) atoms. The Morgan fingerprint density at radius 1 is 0.283 bits per heavy atom. The van der Waals surface area contributed by atoms with Gasteiger partial charge in [0.2, 0.25) is 0 Å².